The van der Waals surface area contributed by atoms with E-state index in [4.69, 9.17) is 4.74 Å². The average molecular weight is 292 g/mol. The van der Waals surface area contributed by atoms with Gasteiger partial charge >= 0.3 is 0 Å². The maximum Gasteiger partial charge on any atom is 0.222 e. The Morgan fingerprint density at radius 3 is 2.86 bits per heavy atom. The predicted octanol–water partition coefficient (Wildman–Crippen LogP) is 1.69. The number of aromatic nitrogens is 2. The van der Waals surface area contributed by atoms with Crippen LogP contribution in [0.25, 0.3) is 0 Å². The molecule has 2 heterocycles. The maximum absolute atomic E-state index is 12.3. The summed E-state index contributed by atoms with van der Waals surface area (Å²) in [6.45, 7) is 8.09. The highest BCUT2D eigenvalue weighted by molar-refractivity contribution is 5.76. The number of nitrogens with one attached hydrogen (secondary N) is 1. The summed E-state index contributed by atoms with van der Waals surface area (Å²) in [5, 5.41) is 3.11. The summed E-state index contributed by atoms with van der Waals surface area (Å²) in [4.78, 5) is 22.3. The van der Waals surface area contributed by atoms with E-state index in [0.717, 1.165) is 6.42 Å². The Kier molecular flexibility index (Phi) is 5.12. The molecule has 1 unspecified atom stereocenters. The van der Waals surface area contributed by atoms with Crippen molar-refractivity contribution in [3.05, 3.63) is 18.5 Å². The molecule has 1 aliphatic rings. The van der Waals surface area contributed by atoms with Crippen LogP contribution in [0.2, 0.25) is 0 Å². The molecule has 1 saturated heterocycles. The Morgan fingerprint density at radius 2 is 2.19 bits per heavy atom. The molecule has 6 heteroatoms. The van der Waals surface area contributed by atoms with Gasteiger partial charge < -0.3 is 15.0 Å². The van der Waals surface area contributed by atoms with Crippen molar-refractivity contribution in [3.8, 4) is 0 Å². The normalized spacial score (nSPS) is 21.1. The smallest absolute Gasteiger partial charge is 0.222 e. The topological polar surface area (TPSA) is 67.4 Å². The van der Waals surface area contributed by atoms with Crippen molar-refractivity contribution < 1.29 is 9.53 Å². The van der Waals surface area contributed by atoms with E-state index < -0.39 is 0 Å². The van der Waals surface area contributed by atoms with Crippen LogP contribution in [0, 0.1) is 0 Å². The fourth-order valence-corrected chi connectivity index (χ4v) is 2.63. The van der Waals surface area contributed by atoms with E-state index in [1.54, 1.807) is 18.5 Å². The van der Waals surface area contributed by atoms with Gasteiger partial charge in [0.2, 0.25) is 11.9 Å². The molecule has 21 heavy (non-hydrogen) atoms. The van der Waals surface area contributed by atoms with Gasteiger partial charge in [-0.3, -0.25) is 4.79 Å². The second-order valence-electron chi connectivity index (χ2n) is 6.07. The van der Waals surface area contributed by atoms with E-state index in [1.165, 1.54) is 0 Å². The lowest BCUT2D eigenvalue weighted by molar-refractivity contribution is -0.158. The SMILES string of the molecule is CC1CN(C(=O)CCCNc2ncccn2)CC(C)(C)O1. The molecule has 1 aromatic rings. The molecular formula is C15H24N4O2. The third kappa shape index (κ3) is 4.97. The highest BCUT2D eigenvalue weighted by Crippen LogP contribution is 2.21. The van der Waals surface area contributed by atoms with Crippen molar-refractivity contribution in [2.75, 3.05) is 25.0 Å². The zero-order valence-corrected chi connectivity index (χ0v) is 13.0. The van der Waals surface area contributed by atoms with Crippen molar-refractivity contribution in [1.29, 1.82) is 0 Å². The highest BCUT2D eigenvalue weighted by atomic mass is 16.5. The molecule has 1 fully saturated rings. The van der Waals surface area contributed by atoms with Crippen LogP contribution in [0.3, 0.4) is 0 Å². The lowest BCUT2D eigenvalue weighted by atomic mass is 10.0. The Hall–Kier alpha value is -1.69. The lowest BCUT2D eigenvalue weighted by Crippen LogP contribution is -2.53. The predicted molar refractivity (Wildman–Crippen MR) is 81.0 cm³/mol. The monoisotopic (exact) mass is 292 g/mol. The zero-order chi connectivity index (χ0) is 15.3. The Bertz CT molecular complexity index is 464. The van der Waals surface area contributed by atoms with Crippen LogP contribution in [0.15, 0.2) is 18.5 Å². The van der Waals surface area contributed by atoms with Gasteiger partial charge in [-0.25, -0.2) is 9.97 Å². The first kappa shape index (κ1) is 15.7. The Balaban J connectivity index is 1.72. The van der Waals surface area contributed by atoms with Gasteiger partial charge in [0, 0.05) is 38.4 Å². The molecule has 0 aliphatic carbocycles. The summed E-state index contributed by atoms with van der Waals surface area (Å²) in [6.07, 6.45) is 4.77. The number of hydrogen-bond acceptors (Lipinski definition) is 5. The number of amides is 1. The van der Waals surface area contributed by atoms with Crippen LogP contribution < -0.4 is 5.32 Å². The standard InChI is InChI=1S/C15H24N4O2/c1-12-10-19(11-15(2,3)21-12)13(20)6-4-7-16-14-17-8-5-9-18-14/h5,8-9,12H,4,6-7,10-11H2,1-3H3,(H,16,17,18). The molecule has 0 aromatic carbocycles. The third-order valence-electron chi connectivity index (χ3n) is 3.34. The van der Waals surface area contributed by atoms with Gasteiger partial charge in [-0.1, -0.05) is 0 Å². The van der Waals surface area contributed by atoms with E-state index in [-0.39, 0.29) is 17.6 Å². The third-order valence-corrected chi connectivity index (χ3v) is 3.34. The summed E-state index contributed by atoms with van der Waals surface area (Å²) >= 11 is 0. The molecule has 0 spiro atoms. The highest BCUT2D eigenvalue weighted by Gasteiger charge is 2.33. The van der Waals surface area contributed by atoms with E-state index in [0.29, 0.717) is 32.0 Å². The number of carbonyl (C=O) groups is 1. The quantitative estimate of drug-likeness (QED) is 0.837. The fraction of sp³-hybridized carbons (Fsp3) is 0.667. The van der Waals surface area contributed by atoms with Gasteiger partial charge in [0.15, 0.2) is 0 Å². The number of rotatable bonds is 5. The van der Waals surface area contributed by atoms with E-state index in [9.17, 15) is 4.79 Å². The molecule has 6 nitrogen and oxygen atoms in total. The molecule has 1 aromatic heterocycles. The molecular weight excluding hydrogens is 268 g/mol. The number of nitrogens with zero attached hydrogens (tertiary/aromatic N) is 3. The number of morpholine rings is 1. The Morgan fingerprint density at radius 1 is 1.48 bits per heavy atom. The lowest BCUT2D eigenvalue weighted by Gasteiger charge is -2.41. The summed E-state index contributed by atoms with van der Waals surface area (Å²) in [7, 11) is 0. The van der Waals surface area contributed by atoms with Gasteiger partial charge in [-0.2, -0.15) is 0 Å². The largest absolute Gasteiger partial charge is 0.369 e. The van der Waals surface area contributed by atoms with E-state index >= 15 is 0 Å². The van der Waals surface area contributed by atoms with Crippen LogP contribution in [0.4, 0.5) is 5.95 Å². The van der Waals surface area contributed by atoms with Gasteiger partial charge in [0.25, 0.3) is 0 Å². The maximum atomic E-state index is 12.3. The van der Waals surface area contributed by atoms with Gasteiger partial charge in [-0.05, 0) is 33.3 Å². The minimum Gasteiger partial charge on any atom is -0.369 e. The van der Waals surface area contributed by atoms with Gasteiger partial charge in [-0.15, -0.1) is 0 Å². The van der Waals surface area contributed by atoms with Crippen LogP contribution in [0.1, 0.15) is 33.6 Å². The first-order valence-corrected chi connectivity index (χ1v) is 7.43. The molecule has 0 bridgehead atoms. The number of carbonyl (C=O) groups excluding carboxylic acids is 1. The van der Waals surface area contributed by atoms with E-state index in [1.807, 2.05) is 25.7 Å². The first-order chi connectivity index (χ1) is 9.96. The van der Waals surface area contributed by atoms with Crippen molar-refractivity contribution in [3.63, 3.8) is 0 Å². The Labute approximate surface area is 125 Å². The first-order valence-electron chi connectivity index (χ1n) is 7.43. The molecule has 1 atom stereocenters. The van der Waals surface area contributed by atoms with Gasteiger partial charge in [0.05, 0.1) is 11.7 Å². The zero-order valence-electron chi connectivity index (χ0n) is 13.0. The number of anilines is 1. The van der Waals surface area contributed by atoms with Crippen LogP contribution >= 0.6 is 0 Å². The van der Waals surface area contributed by atoms with Crippen molar-refractivity contribution >= 4 is 11.9 Å². The van der Waals surface area contributed by atoms with E-state index in [2.05, 4.69) is 15.3 Å². The van der Waals surface area contributed by atoms with Crippen LogP contribution in [0.5, 0.6) is 0 Å². The minimum atomic E-state index is -0.260. The molecule has 0 radical (unpaired) electrons. The van der Waals surface area contributed by atoms with Crippen molar-refractivity contribution in [2.24, 2.45) is 0 Å². The summed E-state index contributed by atoms with van der Waals surface area (Å²) in [5.74, 6) is 0.792. The van der Waals surface area contributed by atoms with Crippen molar-refractivity contribution in [1.82, 2.24) is 14.9 Å². The van der Waals surface area contributed by atoms with Crippen molar-refractivity contribution in [2.45, 2.75) is 45.3 Å². The molecule has 1 N–H and O–H groups in total. The molecule has 0 saturated carbocycles. The van der Waals surface area contributed by atoms with Gasteiger partial charge in [0.1, 0.15) is 0 Å². The summed E-state index contributed by atoms with van der Waals surface area (Å²) < 4.78 is 5.81. The minimum absolute atomic E-state index is 0.0912. The fourth-order valence-electron chi connectivity index (χ4n) is 2.63. The summed E-state index contributed by atoms with van der Waals surface area (Å²) in [6, 6.07) is 1.77. The molecule has 1 aliphatic heterocycles. The summed E-state index contributed by atoms with van der Waals surface area (Å²) in [5.41, 5.74) is -0.260. The molecule has 2 rings (SSSR count). The average Bonchev–Trinajstić information content (AvgIpc) is 2.42. The molecule has 116 valence electrons. The van der Waals surface area contributed by atoms with Crippen LogP contribution in [-0.4, -0.2) is 52.1 Å². The number of hydrogen-bond donors (Lipinski definition) is 1. The molecule has 1 amide bonds. The second-order valence-corrected chi connectivity index (χ2v) is 6.07. The van der Waals surface area contributed by atoms with Crippen LogP contribution in [-0.2, 0) is 9.53 Å². The number of ether oxygens (including phenoxy) is 1. The second kappa shape index (κ2) is 6.85.